The van der Waals surface area contributed by atoms with Crippen LogP contribution in [0.1, 0.15) is 41.8 Å². The van der Waals surface area contributed by atoms with Crippen LogP contribution in [0.15, 0.2) is 59.0 Å². The molecule has 0 aliphatic heterocycles. The van der Waals surface area contributed by atoms with Crippen molar-refractivity contribution in [2.24, 2.45) is 0 Å². The van der Waals surface area contributed by atoms with E-state index in [0.717, 1.165) is 18.2 Å². The van der Waals surface area contributed by atoms with Gasteiger partial charge in [-0.3, -0.25) is 9.59 Å². The molecule has 0 spiro atoms. The summed E-state index contributed by atoms with van der Waals surface area (Å²) >= 11 is 0. The van der Waals surface area contributed by atoms with Crippen LogP contribution in [0.5, 0.6) is 0 Å². The molecule has 0 unspecified atom stereocenters. The second-order valence-corrected chi connectivity index (χ2v) is 6.95. The summed E-state index contributed by atoms with van der Waals surface area (Å²) in [5.41, 5.74) is 0.344. The normalized spacial score (nSPS) is 15.7. The third kappa shape index (κ3) is 3.25. The van der Waals surface area contributed by atoms with Gasteiger partial charge in [0.15, 0.2) is 12.4 Å². The Morgan fingerprint density at radius 3 is 2.56 bits per heavy atom. The summed E-state index contributed by atoms with van der Waals surface area (Å²) < 4.78 is 24.6. The van der Waals surface area contributed by atoms with Crippen LogP contribution in [-0.4, -0.2) is 18.4 Å². The molecule has 27 heavy (non-hydrogen) atoms. The zero-order chi connectivity index (χ0) is 18.9. The molecule has 0 amide bonds. The highest BCUT2D eigenvalue weighted by Crippen LogP contribution is 2.42. The van der Waals surface area contributed by atoms with Crippen molar-refractivity contribution in [3.63, 3.8) is 0 Å². The highest BCUT2D eigenvalue weighted by molar-refractivity contribution is 5.99. The summed E-state index contributed by atoms with van der Waals surface area (Å²) in [5.74, 6) is -1.10. The van der Waals surface area contributed by atoms with Gasteiger partial charge in [0.05, 0.1) is 5.41 Å². The van der Waals surface area contributed by atoms with Crippen LogP contribution in [0.25, 0.3) is 11.0 Å². The minimum atomic E-state index is -0.879. The third-order valence-corrected chi connectivity index (χ3v) is 5.26. The van der Waals surface area contributed by atoms with E-state index in [4.69, 9.17) is 9.15 Å². The third-order valence-electron chi connectivity index (χ3n) is 5.26. The van der Waals surface area contributed by atoms with Crippen molar-refractivity contribution in [2.75, 3.05) is 6.61 Å². The lowest BCUT2D eigenvalue weighted by molar-refractivity contribution is -0.149. The number of benzene rings is 2. The van der Waals surface area contributed by atoms with Crippen molar-refractivity contribution in [3.8, 4) is 0 Å². The molecule has 2 aromatic carbocycles. The van der Waals surface area contributed by atoms with Gasteiger partial charge < -0.3 is 9.15 Å². The first-order chi connectivity index (χ1) is 13.1. The first-order valence-electron chi connectivity index (χ1n) is 9.04. The van der Waals surface area contributed by atoms with Gasteiger partial charge in [0.1, 0.15) is 11.4 Å². The van der Waals surface area contributed by atoms with E-state index in [9.17, 15) is 14.0 Å². The van der Waals surface area contributed by atoms with Gasteiger partial charge >= 0.3 is 5.97 Å². The maximum absolute atomic E-state index is 13.7. The largest absolute Gasteiger partial charge is 0.456 e. The number of para-hydroxylation sites is 1. The lowest BCUT2D eigenvalue weighted by Crippen LogP contribution is -2.36. The molecule has 1 heterocycles. The minimum absolute atomic E-state index is 0.162. The Morgan fingerprint density at radius 2 is 1.81 bits per heavy atom. The summed E-state index contributed by atoms with van der Waals surface area (Å²) in [6.07, 6.45) is 2.91. The quantitative estimate of drug-likeness (QED) is 0.480. The summed E-state index contributed by atoms with van der Waals surface area (Å²) in [6.45, 7) is -0.393. The number of hydrogen-bond acceptors (Lipinski definition) is 4. The van der Waals surface area contributed by atoms with Crippen LogP contribution in [0.2, 0.25) is 0 Å². The molecule has 0 radical (unpaired) electrons. The SMILES string of the molecule is O=C(COC(=O)C1(c2cccc(F)c2)CCCC1)c1cc2ccccc2o1. The molecule has 0 saturated heterocycles. The lowest BCUT2D eigenvalue weighted by atomic mass is 9.79. The second kappa shape index (κ2) is 6.99. The van der Waals surface area contributed by atoms with Gasteiger partial charge in [-0.2, -0.15) is 0 Å². The van der Waals surface area contributed by atoms with Crippen LogP contribution in [0.3, 0.4) is 0 Å². The van der Waals surface area contributed by atoms with Crippen molar-refractivity contribution in [2.45, 2.75) is 31.1 Å². The Morgan fingerprint density at radius 1 is 1.04 bits per heavy atom. The van der Waals surface area contributed by atoms with Crippen molar-refractivity contribution in [3.05, 3.63) is 71.7 Å². The number of halogens is 1. The van der Waals surface area contributed by atoms with Gasteiger partial charge in [-0.05, 0) is 42.7 Å². The number of carbonyl (C=O) groups excluding carboxylic acids is 2. The maximum Gasteiger partial charge on any atom is 0.317 e. The molecular formula is C22H19FO4. The van der Waals surface area contributed by atoms with Gasteiger partial charge in [-0.25, -0.2) is 4.39 Å². The zero-order valence-electron chi connectivity index (χ0n) is 14.7. The Bertz CT molecular complexity index is 965. The Balaban J connectivity index is 1.51. The fraction of sp³-hybridized carbons (Fsp3) is 0.273. The van der Waals surface area contributed by atoms with Crippen LogP contribution < -0.4 is 0 Å². The molecule has 4 rings (SSSR count). The predicted octanol–water partition coefficient (Wildman–Crippen LogP) is 4.81. The number of ketones is 1. The summed E-state index contributed by atoms with van der Waals surface area (Å²) in [5, 5.41) is 0.819. The molecule has 1 aliphatic carbocycles. The van der Waals surface area contributed by atoms with E-state index in [1.807, 2.05) is 18.2 Å². The number of rotatable bonds is 5. The fourth-order valence-electron chi connectivity index (χ4n) is 3.84. The molecular weight excluding hydrogens is 347 g/mol. The van der Waals surface area contributed by atoms with Crippen LogP contribution >= 0.6 is 0 Å². The van der Waals surface area contributed by atoms with E-state index in [-0.39, 0.29) is 11.6 Å². The average molecular weight is 366 g/mol. The van der Waals surface area contributed by atoms with Crippen molar-refractivity contribution >= 4 is 22.7 Å². The number of ether oxygens (including phenoxy) is 1. The zero-order valence-corrected chi connectivity index (χ0v) is 14.7. The fourth-order valence-corrected chi connectivity index (χ4v) is 3.84. The highest BCUT2D eigenvalue weighted by Gasteiger charge is 2.44. The molecule has 5 heteroatoms. The highest BCUT2D eigenvalue weighted by atomic mass is 19.1. The number of carbonyl (C=O) groups is 2. The molecule has 0 atom stereocenters. The molecule has 1 fully saturated rings. The monoisotopic (exact) mass is 366 g/mol. The van der Waals surface area contributed by atoms with Crippen LogP contribution in [0.4, 0.5) is 4.39 Å². The number of esters is 1. The summed E-state index contributed by atoms with van der Waals surface area (Å²) in [4.78, 5) is 25.3. The maximum atomic E-state index is 13.7. The minimum Gasteiger partial charge on any atom is -0.456 e. The summed E-state index contributed by atoms with van der Waals surface area (Å²) in [6, 6.07) is 15.0. The van der Waals surface area contributed by atoms with Crippen LogP contribution in [-0.2, 0) is 14.9 Å². The van der Waals surface area contributed by atoms with E-state index in [2.05, 4.69) is 0 Å². The van der Waals surface area contributed by atoms with Gasteiger partial charge in [0, 0.05) is 5.39 Å². The molecule has 1 aromatic heterocycles. The van der Waals surface area contributed by atoms with Gasteiger partial charge in [0.25, 0.3) is 0 Å². The Labute approximate surface area is 155 Å². The molecule has 0 bridgehead atoms. The molecule has 0 N–H and O–H groups in total. The van der Waals surface area contributed by atoms with E-state index >= 15 is 0 Å². The smallest absolute Gasteiger partial charge is 0.317 e. The van der Waals surface area contributed by atoms with Gasteiger partial charge in [-0.15, -0.1) is 0 Å². The second-order valence-electron chi connectivity index (χ2n) is 6.95. The van der Waals surface area contributed by atoms with Gasteiger partial charge in [-0.1, -0.05) is 43.2 Å². The van der Waals surface area contributed by atoms with Crippen molar-refractivity contribution < 1.29 is 23.1 Å². The first kappa shape index (κ1) is 17.5. The van der Waals surface area contributed by atoms with E-state index in [1.54, 1.807) is 24.3 Å². The molecule has 3 aromatic rings. The standard InChI is InChI=1S/C22H19FO4/c23-17-8-5-7-16(13-17)22(10-3-4-11-22)21(25)26-14-18(24)20-12-15-6-1-2-9-19(15)27-20/h1-2,5-9,12-13H,3-4,10-11,14H2. The number of furan rings is 1. The van der Waals surface area contributed by atoms with Crippen molar-refractivity contribution in [1.82, 2.24) is 0 Å². The van der Waals surface area contributed by atoms with Gasteiger partial charge in [0.2, 0.25) is 5.78 Å². The lowest BCUT2D eigenvalue weighted by Gasteiger charge is -2.27. The Hall–Kier alpha value is -2.95. The molecule has 1 saturated carbocycles. The number of hydrogen-bond donors (Lipinski definition) is 0. The van der Waals surface area contributed by atoms with Crippen LogP contribution in [0, 0.1) is 5.82 Å². The van der Waals surface area contributed by atoms with Crippen molar-refractivity contribution in [1.29, 1.82) is 0 Å². The predicted molar refractivity (Wildman–Crippen MR) is 98.0 cm³/mol. The van der Waals surface area contributed by atoms with E-state index in [1.165, 1.54) is 12.1 Å². The van der Waals surface area contributed by atoms with E-state index < -0.39 is 23.8 Å². The average Bonchev–Trinajstić information content (AvgIpc) is 3.33. The first-order valence-corrected chi connectivity index (χ1v) is 9.04. The number of fused-ring (bicyclic) bond motifs is 1. The summed E-state index contributed by atoms with van der Waals surface area (Å²) in [7, 11) is 0. The topological polar surface area (TPSA) is 56.5 Å². The molecule has 1 aliphatic rings. The Kier molecular flexibility index (Phi) is 4.52. The number of Topliss-reactive ketones (excluding diaryl/α,β-unsaturated/α-hetero) is 1. The molecule has 138 valence electrons. The van der Waals surface area contributed by atoms with E-state index in [0.29, 0.717) is 24.0 Å². The molecule has 4 nitrogen and oxygen atoms in total.